The molecule has 9 aromatic rings. The summed E-state index contributed by atoms with van der Waals surface area (Å²) in [6, 6.07) is 47.4. The second kappa shape index (κ2) is 7.62. The van der Waals surface area contributed by atoms with Gasteiger partial charge < -0.3 is 13.6 Å². The van der Waals surface area contributed by atoms with Gasteiger partial charge in [0, 0.05) is 49.8 Å². The molecule has 3 heteroatoms. The van der Waals surface area contributed by atoms with Crippen molar-refractivity contribution < 1.29 is 4.42 Å². The highest BCUT2D eigenvalue weighted by molar-refractivity contribution is 6.29. The number of para-hydroxylation sites is 4. The zero-order valence-corrected chi connectivity index (χ0v) is 21.0. The molecule has 39 heavy (non-hydrogen) atoms. The first-order chi connectivity index (χ1) is 19.4. The van der Waals surface area contributed by atoms with Gasteiger partial charge in [0.15, 0.2) is 0 Å². The van der Waals surface area contributed by atoms with Crippen LogP contribution in [-0.4, -0.2) is 9.13 Å². The molecule has 182 valence electrons. The Morgan fingerprint density at radius 1 is 0.359 bits per heavy atom. The van der Waals surface area contributed by atoms with Gasteiger partial charge in [-0.05, 0) is 54.6 Å². The second-order valence-corrected chi connectivity index (χ2v) is 10.2. The van der Waals surface area contributed by atoms with Crippen LogP contribution in [0.15, 0.2) is 138 Å². The molecule has 6 aromatic carbocycles. The summed E-state index contributed by atoms with van der Waals surface area (Å²) in [7, 11) is 0. The van der Waals surface area contributed by atoms with E-state index in [1.165, 1.54) is 43.5 Å². The Morgan fingerprint density at radius 2 is 0.949 bits per heavy atom. The minimum atomic E-state index is 0.904. The normalized spacial score (nSPS) is 12.1. The molecule has 0 aliphatic carbocycles. The highest BCUT2D eigenvalue weighted by Crippen LogP contribution is 2.43. The van der Waals surface area contributed by atoms with E-state index in [2.05, 4.69) is 143 Å². The molecule has 0 atom stereocenters. The first-order valence-corrected chi connectivity index (χ1v) is 13.3. The molecule has 0 spiro atoms. The third kappa shape index (κ3) is 2.76. The summed E-state index contributed by atoms with van der Waals surface area (Å²) in [5, 5.41) is 7.26. The fourth-order valence-electron chi connectivity index (χ4n) is 6.50. The maximum atomic E-state index is 6.60. The number of hydrogen-bond donors (Lipinski definition) is 0. The average molecular weight is 499 g/mol. The van der Waals surface area contributed by atoms with E-state index in [0.717, 1.165) is 33.4 Å². The van der Waals surface area contributed by atoms with Crippen molar-refractivity contribution >= 4 is 65.6 Å². The maximum absolute atomic E-state index is 6.60. The lowest BCUT2D eigenvalue weighted by atomic mass is 10.0. The highest BCUT2D eigenvalue weighted by atomic mass is 16.3. The number of hydrogen-bond acceptors (Lipinski definition) is 1. The lowest BCUT2D eigenvalue weighted by molar-refractivity contribution is 0.669. The SMILES string of the molecule is c1ccc(-n2c3ccccc3c3cc4c(cc32)oc2ccc3c(c5ccccc5n3-c3ccccc3)c24)cc1. The molecule has 0 radical (unpaired) electrons. The molecule has 0 bridgehead atoms. The van der Waals surface area contributed by atoms with Crippen LogP contribution in [0.5, 0.6) is 0 Å². The molecule has 0 fully saturated rings. The number of fused-ring (bicyclic) bond motifs is 10. The number of benzene rings is 6. The maximum Gasteiger partial charge on any atom is 0.137 e. The Morgan fingerprint density at radius 3 is 1.67 bits per heavy atom. The summed E-state index contributed by atoms with van der Waals surface area (Å²) in [6.07, 6.45) is 0. The lowest BCUT2D eigenvalue weighted by Gasteiger charge is -2.07. The van der Waals surface area contributed by atoms with Crippen LogP contribution in [0.2, 0.25) is 0 Å². The zero-order chi connectivity index (χ0) is 25.5. The van der Waals surface area contributed by atoms with E-state index in [9.17, 15) is 0 Å². The number of nitrogens with zero attached hydrogens (tertiary/aromatic N) is 2. The second-order valence-electron chi connectivity index (χ2n) is 10.2. The van der Waals surface area contributed by atoms with E-state index in [-0.39, 0.29) is 0 Å². The highest BCUT2D eigenvalue weighted by Gasteiger charge is 2.20. The first kappa shape index (κ1) is 20.7. The van der Waals surface area contributed by atoms with Crippen molar-refractivity contribution in [3.63, 3.8) is 0 Å². The molecule has 0 aliphatic rings. The van der Waals surface area contributed by atoms with E-state index in [1.807, 2.05) is 0 Å². The van der Waals surface area contributed by atoms with Crippen molar-refractivity contribution in [3.05, 3.63) is 133 Å². The molecule has 0 aliphatic heterocycles. The Hall–Kier alpha value is -5.28. The van der Waals surface area contributed by atoms with E-state index in [4.69, 9.17) is 4.42 Å². The van der Waals surface area contributed by atoms with Gasteiger partial charge >= 0.3 is 0 Å². The third-order valence-electron chi connectivity index (χ3n) is 8.09. The van der Waals surface area contributed by atoms with Gasteiger partial charge in [0.2, 0.25) is 0 Å². The predicted octanol–water partition coefficient (Wildman–Crippen LogP) is 9.78. The molecule has 0 saturated heterocycles. The molecule has 0 unspecified atom stereocenters. The van der Waals surface area contributed by atoms with E-state index >= 15 is 0 Å². The number of rotatable bonds is 2. The van der Waals surface area contributed by atoms with Gasteiger partial charge in [-0.25, -0.2) is 0 Å². The summed E-state index contributed by atoms with van der Waals surface area (Å²) in [5.41, 5.74) is 8.85. The van der Waals surface area contributed by atoms with E-state index in [1.54, 1.807) is 0 Å². The van der Waals surface area contributed by atoms with Gasteiger partial charge in [0.05, 0.1) is 22.1 Å². The Kier molecular flexibility index (Phi) is 4.05. The van der Waals surface area contributed by atoms with Crippen LogP contribution in [0, 0.1) is 0 Å². The van der Waals surface area contributed by atoms with Crippen molar-refractivity contribution in [2.45, 2.75) is 0 Å². The summed E-state index contributed by atoms with van der Waals surface area (Å²) in [4.78, 5) is 0. The third-order valence-corrected chi connectivity index (χ3v) is 8.09. The monoisotopic (exact) mass is 498 g/mol. The smallest absolute Gasteiger partial charge is 0.137 e. The van der Waals surface area contributed by atoms with Crippen LogP contribution in [0.4, 0.5) is 0 Å². The van der Waals surface area contributed by atoms with Crippen LogP contribution in [-0.2, 0) is 0 Å². The first-order valence-electron chi connectivity index (χ1n) is 13.3. The molecular formula is C36H22N2O. The molecule has 3 aromatic heterocycles. The Balaban J connectivity index is 1.47. The van der Waals surface area contributed by atoms with Crippen molar-refractivity contribution in [1.82, 2.24) is 9.13 Å². The van der Waals surface area contributed by atoms with Crippen molar-refractivity contribution in [1.29, 1.82) is 0 Å². The molecule has 0 N–H and O–H groups in total. The summed E-state index contributed by atoms with van der Waals surface area (Å²) >= 11 is 0. The van der Waals surface area contributed by atoms with Gasteiger partial charge in [-0.3, -0.25) is 0 Å². The van der Waals surface area contributed by atoms with Crippen LogP contribution >= 0.6 is 0 Å². The summed E-state index contributed by atoms with van der Waals surface area (Å²) < 4.78 is 11.3. The predicted molar refractivity (Wildman–Crippen MR) is 162 cm³/mol. The van der Waals surface area contributed by atoms with Crippen LogP contribution < -0.4 is 0 Å². The largest absolute Gasteiger partial charge is 0.456 e. The average Bonchev–Trinajstić information content (AvgIpc) is 3.64. The Labute approximate surface area is 223 Å². The van der Waals surface area contributed by atoms with Gasteiger partial charge in [0.25, 0.3) is 0 Å². The van der Waals surface area contributed by atoms with Crippen molar-refractivity contribution in [2.75, 3.05) is 0 Å². The zero-order valence-electron chi connectivity index (χ0n) is 21.0. The summed E-state index contributed by atoms with van der Waals surface area (Å²) in [6.45, 7) is 0. The topological polar surface area (TPSA) is 23.0 Å². The van der Waals surface area contributed by atoms with Crippen LogP contribution in [0.25, 0.3) is 76.9 Å². The fraction of sp³-hybridized carbons (Fsp3) is 0. The molecular weight excluding hydrogens is 476 g/mol. The number of furan rings is 1. The Bertz CT molecular complexity index is 2370. The van der Waals surface area contributed by atoms with Crippen molar-refractivity contribution in [3.8, 4) is 11.4 Å². The molecule has 3 nitrogen and oxygen atoms in total. The molecule has 0 amide bonds. The summed E-state index contributed by atoms with van der Waals surface area (Å²) in [5.74, 6) is 0. The van der Waals surface area contributed by atoms with Gasteiger partial charge in [0.1, 0.15) is 11.2 Å². The molecule has 0 saturated carbocycles. The van der Waals surface area contributed by atoms with Gasteiger partial charge in [-0.2, -0.15) is 0 Å². The molecule has 3 heterocycles. The van der Waals surface area contributed by atoms with E-state index in [0.29, 0.717) is 0 Å². The van der Waals surface area contributed by atoms with Crippen LogP contribution in [0.1, 0.15) is 0 Å². The minimum absolute atomic E-state index is 0.904. The van der Waals surface area contributed by atoms with Crippen molar-refractivity contribution in [2.24, 2.45) is 0 Å². The molecule has 9 rings (SSSR count). The fourth-order valence-corrected chi connectivity index (χ4v) is 6.50. The minimum Gasteiger partial charge on any atom is -0.456 e. The number of aromatic nitrogens is 2. The van der Waals surface area contributed by atoms with Crippen LogP contribution in [0.3, 0.4) is 0 Å². The van der Waals surface area contributed by atoms with Gasteiger partial charge in [-0.1, -0.05) is 72.8 Å². The standard InChI is InChI=1S/C36H22N2O/c1-3-11-23(12-4-1)37-30-18-10-8-16-26(30)35-31(37)19-20-33-36(35)28-21-27-25-15-7-9-17-29(25)38(24-13-5-2-6-14-24)32(27)22-34(28)39-33/h1-22H. The lowest BCUT2D eigenvalue weighted by Crippen LogP contribution is -1.92. The quantitative estimate of drug-likeness (QED) is 0.233. The van der Waals surface area contributed by atoms with Gasteiger partial charge in [-0.15, -0.1) is 0 Å². The van der Waals surface area contributed by atoms with E-state index < -0.39 is 0 Å².